The van der Waals surface area contributed by atoms with Crippen molar-refractivity contribution in [3.63, 3.8) is 0 Å². The van der Waals surface area contributed by atoms with Crippen molar-refractivity contribution in [2.24, 2.45) is 0 Å². The summed E-state index contributed by atoms with van der Waals surface area (Å²) < 4.78 is 4.09. The summed E-state index contributed by atoms with van der Waals surface area (Å²) in [4.78, 5) is 18.2. The maximum absolute atomic E-state index is 12.6. The molecule has 0 aliphatic carbocycles. The van der Waals surface area contributed by atoms with Crippen molar-refractivity contribution >= 4 is 40.8 Å². The normalized spacial score (nSPS) is 11.1. The smallest absolute Gasteiger partial charge is 0.244 e. The van der Waals surface area contributed by atoms with Gasteiger partial charge in [-0.15, -0.1) is 11.3 Å². The van der Waals surface area contributed by atoms with Crippen molar-refractivity contribution in [1.82, 2.24) is 24.1 Å². The zero-order valence-electron chi connectivity index (χ0n) is 15.6. The molecule has 5 rings (SSSR count). The number of nitrogens with zero attached hydrogens (tertiary/aromatic N) is 4. The molecule has 9 heteroatoms. The number of nitrogens with one attached hydrogen (secondary N) is 2. The SMILES string of the molecule is O=C(Cn1c(-c2cccs2)n[nH]c1=S)Nc1ccc(-c2cn3ccccc3n2)cc1. The molecule has 0 aliphatic heterocycles. The maximum atomic E-state index is 12.6. The molecule has 0 radical (unpaired) electrons. The highest BCUT2D eigenvalue weighted by Crippen LogP contribution is 2.23. The zero-order valence-corrected chi connectivity index (χ0v) is 17.3. The lowest BCUT2D eigenvalue weighted by Gasteiger charge is -2.08. The first-order valence-electron chi connectivity index (χ1n) is 9.20. The molecule has 0 unspecified atom stereocenters. The van der Waals surface area contributed by atoms with Crippen LogP contribution < -0.4 is 5.32 Å². The Kier molecular flexibility index (Phi) is 4.74. The van der Waals surface area contributed by atoms with Gasteiger partial charge in [0.15, 0.2) is 10.6 Å². The predicted molar refractivity (Wildman–Crippen MR) is 120 cm³/mol. The van der Waals surface area contributed by atoms with E-state index < -0.39 is 0 Å². The van der Waals surface area contributed by atoms with Crippen LogP contribution in [0.15, 0.2) is 72.4 Å². The lowest BCUT2D eigenvalue weighted by molar-refractivity contribution is -0.116. The molecule has 2 N–H and O–H groups in total. The van der Waals surface area contributed by atoms with E-state index >= 15 is 0 Å². The van der Waals surface area contributed by atoms with Crippen LogP contribution in [0.4, 0.5) is 5.69 Å². The number of anilines is 1. The Morgan fingerprint density at radius 3 is 2.77 bits per heavy atom. The van der Waals surface area contributed by atoms with Crippen LogP contribution in [0.3, 0.4) is 0 Å². The molecule has 0 fully saturated rings. The number of pyridine rings is 1. The fraction of sp³-hybridized carbons (Fsp3) is 0.0476. The van der Waals surface area contributed by atoms with E-state index in [1.165, 1.54) is 0 Å². The Morgan fingerprint density at radius 1 is 1.13 bits per heavy atom. The molecule has 4 aromatic heterocycles. The minimum Gasteiger partial charge on any atom is -0.325 e. The highest BCUT2D eigenvalue weighted by Gasteiger charge is 2.13. The van der Waals surface area contributed by atoms with Gasteiger partial charge in [0.1, 0.15) is 12.2 Å². The molecule has 148 valence electrons. The molecule has 1 amide bonds. The van der Waals surface area contributed by atoms with Crippen molar-refractivity contribution in [3.8, 4) is 22.0 Å². The minimum atomic E-state index is -0.175. The third-order valence-electron chi connectivity index (χ3n) is 4.63. The molecule has 7 nitrogen and oxygen atoms in total. The number of imidazole rings is 1. The van der Waals surface area contributed by atoms with Crippen LogP contribution in [-0.2, 0) is 11.3 Å². The summed E-state index contributed by atoms with van der Waals surface area (Å²) in [7, 11) is 0. The Hall–Kier alpha value is -3.56. The van der Waals surface area contributed by atoms with Gasteiger partial charge in [0.2, 0.25) is 5.91 Å². The highest BCUT2D eigenvalue weighted by molar-refractivity contribution is 7.71. The van der Waals surface area contributed by atoms with Crippen LogP contribution in [-0.4, -0.2) is 30.1 Å². The number of H-pyrrole nitrogens is 1. The number of thiophene rings is 1. The molecule has 4 heterocycles. The van der Waals surface area contributed by atoms with Crippen molar-refractivity contribution < 1.29 is 4.79 Å². The summed E-state index contributed by atoms with van der Waals surface area (Å²) in [5, 5.41) is 11.9. The van der Waals surface area contributed by atoms with Gasteiger partial charge in [-0.3, -0.25) is 14.5 Å². The maximum Gasteiger partial charge on any atom is 0.244 e. The first-order valence-corrected chi connectivity index (χ1v) is 10.5. The quantitative estimate of drug-likeness (QED) is 0.397. The number of rotatable bonds is 5. The Morgan fingerprint density at radius 2 is 2.00 bits per heavy atom. The lowest BCUT2D eigenvalue weighted by atomic mass is 10.1. The van der Waals surface area contributed by atoms with Gasteiger partial charge in [-0.05, 0) is 47.9 Å². The van der Waals surface area contributed by atoms with Gasteiger partial charge < -0.3 is 9.72 Å². The Bertz CT molecular complexity index is 1350. The number of hydrogen-bond donors (Lipinski definition) is 2. The summed E-state index contributed by atoms with van der Waals surface area (Å²) >= 11 is 6.84. The van der Waals surface area contributed by atoms with Crippen LogP contribution in [0.25, 0.3) is 27.6 Å². The van der Waals surface area contributed by atoms with Crippen molar-refractivity contribution in [2.45, 2.75) is 6.54 Å². The summed E-state index contributed by atoms with van der Waals surface area (Å²) in [6.07, 6.45) is 3.95. The molecule has 30 heavy (non-hydrogen) atoms. The van der Waals surface area contributed by atoms with E-state index in [9.17, 15) is 4.79 Å². The number of amides is 1. The standard InChI is InChI=1S/C21H16N6OS2/c28-19(13-27-20(24-25-21(27)29)17-4-3-11-30-17)22-15-8-6-14(7-9-15)16-12-26-10-2-1-5-18(26)23-16/h1-12H,13H2,(H,22,28)(H,25,29). The summed E-state index contributed by atoms with van der Waals surface area (Å²) in [6, 6.07) is 17.4. The summed E-state index contributed by atoms with van der Waals surface area (Å²) in [5.41, 5.74) is 3.46. The Labute approximate surface area is 180 Å². The largest absolute Gasteiger partial charge is 0.325 e. The zero-order chi connectivity index (χ0) is 20.5. The van der Waals surface area contributed by atoms with Gasteiger partial charge >= 0.3 is 0 Å². The van der Waals surface area contributed by atoms with E-state index in [0.29, 0.717) is 16.3 Å². The molecule has 0 aliphatic rings. The first-order chi connectivity index (χ1) is 14.7. The summed E-state index contributed by atoms with van der Waals surface area (Å²) in [6.45, 7) is 0.0801. The van der Waals surface area contributed by atoms with Crippen LogP contribution in [0.5, 0.6) is 0 Å². The molecule has 5 aromatic rings. The second-order valence-electron chi connectivity index (χ2n) is 6.63. The molecule has 0 saturated heterocycles. The van der Waals surface area contributed by atoms with Gasteiger partial charge in [0.05, 0.1) is 10.6 Å². The lowest BCUT2D eigenvalue weighted by Crippen LogP contribution is -2.19. The van der Waals surface area contributed by atoms with Gasteiger partial charge in [0, 0.05) is 23.6 Å². The van der Waals surface area contributed by atoms with Crippen molar-refractivity contribution in [2.75, 3.05) is 5.32 Å². The highest BCUT2D eigenvalue weighted by atomic mass is 32.1. The summed E-state index contributed by atoms with van der Waals surface area (Å²) in [5.74, 6) is 0.484. The number of hydrogen-bond acceptors (Lipinski definition) is 5. The van der Waals surface area contributed by atoms with E-state index in [0.717, 1.165) is 21.8 Å². The van der Waals surface area contributed by atoms with Crippen LogP contribution in [0.1, 0.15) is 0 Å². The fourth-order valence-corrected chi connectivity index (χ4v) is 4.12. The van der Waals surface area contributed by atoms with Gasteiger partial charge in [-0.1, -0.05) is 24.3 Å². The number of carbonyl (C=O) groups is 1. The fourth-order valence-electron chi connectivity index (χ4n) is 3.20. The third kappa shape index (κ3) is 3.56. The van der Waals surface area contributed by atoms with Crippen molar-refractivity contribution in [3.05, 3.63) is 77.1 Å². The number of fused-ring (bicyclic) bond motifs is 1. The topological polar surface area (TPSA) is 80.0 Å². The molecule has 0 spiro atoms. The minimum absolute atomic E-state index is 0.0801. The first kappa shape index (κ1) is 18.5. The number of aromatic nitrogens is 5. The number of carbonyl (C=O) groups excluding carboxylic acids is 1. The third-order valence-corrected chi connectivity index (χ3v) is 5.81. The average molecular weight is 433 g/mol. The molecule has 0 atom stereocenters. The van der Waals surface area contributed by atoms with E-state index in [2.05, 4.69) is 20.5 Å². The van der Waals surface area contributed by atoms with E-state index in [1.807, 2.05) is 76.8 Å². The van der Waals surface area contributed by atoms with Gasteiger partial charge in [0.25, 0.3) is 0 Å². The molecule has 1 aromatic carbocycles. The van der Waals surface area contributed by atoms with Crippen LogP contribution in [0.2, 0.25) is 0 Å². The monoisotopic (exact) mass is 432 g/mol. The molecule has 0 saturated carbocycles. The van der Waals surface area contributed by atoms with E-state index in [1.54, 1.807) is 15.9 Å². The number of benzene rings is 1. The molecule has 0 bridgehead atoms. The Balaban J connectivity index is 1.31. The second kappa shape index (κ2) is 7.69. The second-order valence-corrected chi connectivity index (χ2v) is 7.97. The average Bonchev–Trinajstić information content (AvgIpc) is 3.49. The van der Waals surface area contributed by atoms with Gasteiger partial charge in [-0.25, -0.2) is 4.98 Å². The van der Waals surface area contributed by atoms with E-state index in [4.69, 9.17) is 12.2 Å². The molecular weight excluding hydrogens is 416 g/mol. The van der Waals surface area contributed by atoms with Crippen LogP contribution >= 0.6 is 23.6 Å². The van der Waals surface area contributed by atoms with Crippen molar-refractivity contribution in [1.29, 1.82) is 0 Å². The van der Waals surface area contributed by atoms with Crippen LogP contribution in [0, 0.1) is 4.77 Å². The predicted octanol–water partition coefficient (Wildman–Crippen LogP) is 4.62. The number of aromatic amines is 1. The van der Waals surface area contributed by atoms with E-state index in [-0.39, 0.29) is 12.5 Å². The van der Waals surface area contributed by atoms with Gasteiger partial charge in [-0.2, -0.15) is 5.10 Å². The molecular formula is C21H16N6OS2.